The van der Waals surface area contributed by atoms with E-state index < -0.39 is 18.1 Å². The van der Waals surface area contributed by atoms with E-state index >= 15 is 0 Å². The van der Waals surface area contributed by atoms with Crippen molar-refractivity contribution in [1.29, 1.82) is 0 Å². The van der Waals surface area contributed by atoms with Gasteiger partial charge in [0.25, 0.3) is 0 Å². The average molecular weight is 362 g/mol. The fourth-order valence-electron chi connectivity index (χ4n) is 2.61. The molecule has 1 amide bonds. The summed E-state index contributed by atoms with van der Waals surface area (Å²) in [4.78, 5) is 27.7. The first kappa shape index (κ1) is 18.1. The number of alkyl carbamates (subject to hydrolysis) is 1. The molecule has 3 rings (SSSR count). The summed E-state index contributed by atoms with van der Waals surface area (Å²) in [5.41, 5.74) is 3.01. The van der Waals surface area contributed by atoms with Crippen molar-refractivity contribution in [2.24, 2.45) is 0 Å². The Bertz CT molecular complexity index is 914. The van der Waals surface area contributed by atoms with Crippen molar-refractivity contribution < 1.29 is 19.4 Å². The number of ether oxygens (including phenoxy) is 1. The van der Waals surface area contributed by atoms with E-state index in [2.05, 4.69) is 10.3 Å². The van der Waals surface area contributed by atoms with Gasteiger partial charge < -0.3 is 15.2 Å². The second-order valence-electron chi connectivity index (χ2n) is 5.84. The molecule has 0 spiro atoms. The number of carbonyl (C=O) groups is 2. The predicted molar refractivity (Wildman–Crippen MR) is 99.8 cm³/mol. The third-order valence-corrected chi connectivity index (χ3v) is 3.96. The fraction of sp³-hybridized carbons (Fsp3) is 0.0952. The van der Waals surface area contributed by atoms with Crippen molar-refractivity contribution in [2.75, 3.05) is 0 Å². The van der Waals surface area contributed by atoms with Crippen LogP contribution < -0.4 is 5.32 Å². The Morgan fingerprint density at radius 3 is 2.41 bits per heavy atom. The van der Waals surface area contributed by atoms with E-state index in [1.165, 1.54) is 0 Å². The summed E-state index contributed by atoms with van der Waals surface area (Å²) in [6, 6.07) is 18.6. The molecular formula is C21H18N2O4. The number of nitrogens with zero attached hydrogens (tertiary/aromatic N) is 1. The van der Waals surface area contributed by atoms with Gasteiger partial charge in [-0.25, -0.2) is 9.59 Å². The summed E-state index contributed by atoms with van der Waals surface area (Å²) in [5.74, 6) is -1.17. The van der Waals surface area contributed by atoms with E-state index in [0.717, 1.165) is 16.7 Å². The van der Waals surface area contributed by atoms with Crippen molar-refractivity contribution >= 4 is 12.1 Å². The van der Waals surface area contributed by atoms with E-state index in [0.29, 0.717) is 5.56 Å². The third-order valence-electron chi connectivity index (χ3n) is 3.96. The number of benzene rings is 2. The van der Waals surface area contributed by atoms with Gasteiger partial charge in [0, 0.05) is 12.4 Å². The van der Waals surface area contributed by atoms with Gasteiger partial charge in [-0.15, -0.1) is 0 Å². The molecule has 0 fully saturated rings. The highest BCUT2D eigenvalue weighted by molar-refractivity contribution is 5.82. The molecule has 1 aromatic heterocycles. The summed E-state index contributed by atoms with van der Waals surface area (Å²) in [7, 11) is 0. The number of hydrogen-bond donors (Lipinski definition) is 2. The van der Waals surface area contributed by atoms with Crippen LogP contribution in [0.2, 0.25) is 0 Å². The standard InChI is InChI=1S/C21H18N2O4/c24-20(25)19(23-21(26)27-14-15-5-2-1-3-6-15)18-8-4-7-17(13-18)16-9-11-22-12-10-16/h1-13,19H,14H2,(H,23,26)(H,24,25). The number of carboxylic acids is 1. The third kappa shape index (κ3) is 4.92. The first-order chi connectivity index (χ1) is 13.1. The topological polar surface area (TPSA) is 88.5 Å². The minimum absolute atomic E-state index is 0.0655. The summed E-state index contributed by atoms with van der Waals surface area (Å²) in [6.07, 6.45) is 2.53. The molecule has 0 aliphatic carbocycles. The van der Waals surface area contributed by atoms with Crippen LogP contribution in [0.4, 0.5) is 4.79 Å². The molecule has 1 unspecified atom stereocenters. The molecule has 0 saturated heterocycles. The molecule has 2 N–H and O–H groups in total. The highest BCUT2D eigenvalue weighted by Gasteiger charge is 2.23. The number of carboxylic acid groups (broad SMARTS) is 1. The molecule has 6 heteroatoms. The van der Waals surface area contributed by atoms with Crippen LogP contribution in [0.5, 0.6) is 0 Å². The summed E-state index contributed by atoms with van der Waals surface area (Å²) < 4.78 is 5.12. The van der Waals surface area contributed by atoms with Crippen LogP contribution in [0.25, 0.3) is 11.1 Å². The van der Waals surface area contributed by atoms with Gasteiger partial charge in [-0.2, -0.15) is 0 Å². The first-order valence-electron chi connectivity index (χ1n) is 8.34. The zero-order valence-electron chi connectivity index (χ0n) is 14.4. The lowest BCUT2D eigenvalue weighted by Crippen LogP contribution is -2.34. The monoisotopic (exact) mass is 362 g/mol. The molecule has 27 heavy (non-hydrogen) atoms. The summed E-state index contributed by atoms with van der Waals surface area (Å²) >= 11 is 0. The van der Waals surface area contributed by atoms with Crippen LogP contribution >= 0.6 is 0 Å². The van der Waals surface area contributed by atoms with Gasteiger partial charge in [-0.1, -0.05) is 48.5 Å². The van der Waals surface area contributed by atoms with E-state index in [1.807, 2.05) is 48.5 Å². The molecule has 1 atom stereocenters. The summed E-state index contributed by atoms with van der Waals surface area (Å²) in [5, 5.41) is 12.0. The highest BCUT2D eigenvalue weighted by Crippen LogP contribution is 2.23. The van der Waals surface area contributed by atoms with Gasteiger partial charge in [0.05, 0.1) is 0 Å². The first-order valence-corrected chi connectivity index (χ1v) is 8.34. The molecule has 0 radical (unpaired) electrons. The zero-order chi connectivity index (χ0) is 19.1. The second kappa shape index (κ2) is 8.62. The van der Waals surface area contributed by atoms with Crippen LogP contribution in [-0.2, 0) is 16.1 Å². The Labute approximate surface area is 156 Å². The molecule has 0 saturated carbocycles. The highest BCUT2D eigenvalue weighted by atomic mass is 16.5. The number of carbonyl (C=O) groups excluding carboxylic acids is 1. The van der Waals surface area contributed by atoms with Crippen LogP contribution in [0.3, 0.4) is 0 Å². The molecule has 0 aliphatic rings. The molecule has 136 valence electrons. The average Bonchev–Trinajstić information content (AvgIpc) is 2.72. The molecule has 1 heterocycles. The maximum atomic E-state index is 12.1. The molecular weight excluding hydrogens is 344 g/mol. The van der Waals surface area contributed by atoms with Crippen molar-refractivity contribution in [2.45, 2.75) is 12.6 Å². The van der Waals surface area contributed by atoms with Gasteiger partial charge in [0.2, 0.25) is 0 Å². The van der Waals surface area contributed by atoms with Gasteiger partial charge >= 0.3 is 12.1 Å². The second-order valence-corrected chi connectivity index (χ2v) is 5.84. The zero-order valence-corrected chi connectivity index (χ0v) is 14.4. The summed E-state index contributed by atoms with van der Waals surface area (Å²) in [6.45, 7) is 0.0655. The number of aromatic nitrogens is 1. The van der Waals surface area contributed by atoms with Crippen molar-refractivity contribution in [3.8, 4) is 11.1 Å². The van der Waals surface area contributed by atoms with Crippen molar-refractivity contribution in [3.63, 3.8) is 0 Å². The Hall–Kier alpha value is -3.67. The number of hydrogen-bond acceptors (Lipinski definition) is 4. The molecule has 6 nitrogen and oxygen atoms in total. The van der Waals surface area contributed by atoms with Crippen LogP contribution in [-0.4, -0.2) is 22.2 Å². The molecule has 0 bridgehead atoms. The van der Waals surface area contributed by atoms with Crippen LogP contribution in [0, 0.1) is 0 Å². The van der Waals surface area contributed by atoms with Crippen LogP contribution in [0.1, 0.15) is 17.2 Å². The van der Waals surface area contributed by atoms with Crippen molar-refractivity contribution in [3.05, 3.63) is 90.3 Å². The predicted octanol–water partition coefficient (Wildman–Crippen LogP) is 3.80. The number of amides is 1. The Kier molecular flexibility index (Phi) is 5.79. The minimum Gasteiger partial charge on any atom is -0.479 e. The smallest absolute Gasteiger partial charge is 0.408 e. The fourth-order valence-corrected chi connectivity index (χ4v) is 2.61. The largest absolute Gasteiger partial charge is 0.479 e. The van der Waals surface area contributed by atoms with E-state index in [-0.39, 0.29) is 6.61 Å². The number of rotatable bonds is 6. The van der Waals surface area contributed by atoms with Gasteiger partial charge in [-0.3, -0.25) is 4.98 Å². The van der Waals surface area contributed by atoms with Crippen LogP contribution in [0.15, 0.2) is 79.1 Å². The van der Waals surface area contributed by atoms with E-state index in [1.54, 1.807) is 30.6 Å². The maximum absolute atomic E-state index is 12.1. The van der Waals surface area contributed by atoms with Crippen molar-refractivity contribution in [1.82, 2.24) is 10.3 Å². The Balaban J connectivity index is 1.72. The lowest BCUT2D eigenvalue weighted by atomic mass is 10.0. The maximum Gasteiger partial charge on any atom is 0.408 e. The quantitative estimate of drug-likeness (QED) is 0.696. The molecule has 3 aromatic rings. The Morgan fingerprint density at radius 2 is 1.70 bits per heavy atom. The number of aliphatic carboxylic acids is 1. The number of nitrogens with one attached hydrogen (secondary N) is 1. The number of pyridine rings is 1. The van der Waals surface area contributed by atoms with E-state index in [9.17, 15) is 14.7 Å². The minimum atomic E-state index is -1.21. The lowest BCUT2D eigenvalue weighted by molar-refractivity contribution is -0.139. The normalized spacial score (nSPS) is 11.4. The van der Waals surface area contributed by atoms with Gasteiger partial charge in [0.15, 0.2) is 6.04 Å². The molecule has 0 aliphatic heterocycles. The Morgan fingerprint density at radius 1 is 0.963 bits per heavy atom. The van der Waals surface area contributed by atoms with Gasteiger partial charge in [0.1, 0.15) is 6.61 Å². The van der Waals surface area contributed by atoms with E-state index in [4.69, 9.17) is 4.74 Å². The SMILES string of the molecule is O=C(NC(C(=O)O)c1cccc(-c2ccncc2)c1)OCc1ccccc1. The lowest BCUT2D eigenvalue weighted by Gasteiger charge is -2.16. The molecule has 2 aromatic carbocycles. The van der Waals surface area contributed by atoms with Gasteiger partial charge in [-0.05, 0) is 40.5 Å².